The average molecular weight is 447 g/mol. The number of ether oxygens (including phenoxy) is 2. The number of anilines is 1. The fraction of sp³-hybridized carbons (Fsp3) is 0.0833. The van der Waals surface area contributed by atoms with Crippen molar-refractivity contribution in [2.24, 2.45) is 0 Å². The van der Waals surface area contributed by atoms with Crippen LogP contribution >= 0.6 is 0 Å². The van der Waals surface area contributed by atoms with E-state index in [1.54, 1.807) is 36.4 Å². The molecule has 0 aliphatic rings. The van der Waals surface area contributed by atoms with Gasteiger partial charge in [0.2, 0.25) is 0 Å². The monoisotopic (exact) mass is 447 g/mol. The summed E-state index contributed by atoms with van der Waals surface area (Å²) in [6, 6.07) is 18.2. The maximum atomic E-state index is 13.0. The van der Waals surface area contributed by atoms with Gasteiger partial charge < -0.3 is 14.8 Å². The first kappa shape index (κ1) is 23.0. The summed E-state index contributed by atoms with van der Waals surface area (Å²) < 4.78 is 23.7. The molecule has 3 aromatic carbocycles. The minimum absolute atomic E-state index is 0.0717. The van der Waals surface area contributed by atoms with E-state index in [0.717, 1.165) is 11.6 Å². The second kappa shape index (κ2) is 10.5. The van der Waals surface area contributed by atoms with E-state index in [4.69, 9.17) is 9.47 Å². The number of non-ortho nitro benzene ring substituents is 1. The molecule has 8 nitrogen and oxygen atoms in total. The summed E-state index contributed by atoms with van der Waals surface area (Å²) in [6.45, 7) is 0.256. The number of amides is 1. The quantitative estimate of drug-likeness (QED) is 0.228. The van der Waals surface area contributed by atoms with Crippen molar-refractivity contribution in [3.05, 3.63) is 99.4 Å². The third-order valence-electron chi connectivity index (χ3n) is 4.52. The Hall–Kier alpha value is -4.71. The maximum Gasteiger partial charge on any atom is 0.271 e. The zero-order valence-electron chi connectivity index (χ0n) is 17.4. The van der Waals surface area contributed by atoms with Crippen LogP contribution in [-0.4, -0.2) is 17.9 Å². The predicted octanol–water partition coefficient (Wildman–Crippen LogP) is 4.87. The smallest absolute Gasteiger partial charge is 0.271 e. The Balaban J connectivity index is 1.70. The molecular formula is C24H18FN3O5. The van der Waals surface area contributed by atoms with Gasteiger partial charge in [0.05, 0.1) is 17.7 Å². The normalized spacial score (nSPS) is 10.8. The van der Waals surface area contributed by atoms with Gasteiger partial charge in [0.15, 0.2) is 0 Å². The van der Waals surface area contributed by atoms with Gasteiger partial charge in [-0.1, -0.05) is 24.3 Å². The van der Waals surface area contributed by atoms with Crippen LogP contribution in [0.15, 0.2) is 72.3 Å². The van der Waals surface area contributed by atoms with E-state index in [9.17, 15) is 24.6 Å². The number of hydrogen-bond acceptors (Lipinski definition) is 6. The van der Waals surface area contributed by atoms with E-state index >= 15 is 0 Å². The molecule has 0 bridgehead atoms. The van der Waals surface area contributed by atoms with Gasteiger partial charge in [-0.25, -0.2) is 4.39 Å². The molecule has 0 saturated heterocycles. The number of nitro groups is 1. The highest BCUT2D eigenvalue weighted by atomic mass is 19.1. The Labute approximate surface area is 188 Å². The van der Waals surface area contributed by atoms with Crippen molar-refractivity contribution < 1.29 is 23.6 Å². The summed E-state index contributed by atoms with van der Waals surface area (Å²) >= 11 is 0. The fourth-order valence-electron chi connectivity index (χ4n) is 2.82. The van der Waals surface area contributed by atoms with Crippen LogP contribution in [-0.2, 0) is 11.4 Å². The van der Waals surface area contributed by atoms with E-state index in [-0.39, 0.29) is 35.1 Å². The first-order chi connectivity index (χ1) is 15.9. The predicted molar refractivity (Wildman–Crippen MR) is 119 cm³/mol. The highest BCUT2D eigenvalue weighted by Crippen LogP contribution is 2.29. The average Bonchev–Trinajstić information content (AvgIpc) is 2.82. The zero-order valence-corrected chi connectivity index (χ0v) is 17.4. The van der Waals surface area contributed by atoms with Crippen LogP contribution in [0.4, 0.5) is 15.8 Å². The zero-order chi connectivity index (χ0) is 23.8. The first-order valence-electron chi connectivity index (χ1n) is 9.62. The van der Waals surface area contributed by atoms with Crippen LogP contribution in [0.2, 0.25) is 0 Å². The molecule has 3 rings (SSSR count). The fourth-order valence-corrected chi connectivity index (χ4v) is 2.82. The molecule has 3 aromatic rings. The second-order valence-electron chi connectivity index (χ2n) is 6.75. The summed E-state index contributed by atoms with van der Waals surface area (Å²) in [6.07, 6.45) is 1.38. The van der Waals surface area contributed by atoms with Crippen LogP contribution in [0.5, 0.6) is 11.5 Å². The van der Waals surface area contributed by atoms with Gasteiger partial charge in [-0.15, -0.1) is 0 Å². The first-order valence-corrected chi connectivity index (χ1v) is 9.62. The Morgan fingerprint density at radius 1 is 1.15 bits per heavy atom. The van der Waals surface area contributed by atoms with E-state index < -0.39 is 10.8 Å². The SMILES string of the molecule is COc1ccc([N+](=O)[O-])cc1NC(=O)/C(C#N)=C/c1ccc(OCc2ccc(F)cc2)cc1. The van der Waals surface area contributed by atoms with Gasteiger partial charge in [0.1, 0.15) is 35.6 Å². The van der Waals surface area contributed by atoms with Crippen molar-refractivity contribution in [2.45, 2.75) is 6.61 Å². The molecule has 0 atom stereocenters. The topological polar surface area (TPSA) is 114 Å². The van der Waals surface area contributed by atoms with Gasteiger partial charge in [-0.2, -0.15) is 5.26 Å². The van der Waals surface area contributed by atoms with Crippen LogP contribution < -0.4 is 14.8 Å². The lowest BCUT2D eigenvalue weighted by atomic mass is 10.1. The Morgan fingerprint density at radius 3 is 2.45 bits per heavy atom. The minimum atomic E-state index is -0.743. The third-order valence-corrected chi connectivity index (χ3v) is 4.52. The summed E-state index contributed by atoms with van der Waals surface area (Å²) in [5, 5.41) is 22.9. The number of methoxy groups -OCH3 is 1. The molecule has 0 aliphatic heterocycles. The number of rotatable bonds is 8. The largest absolute Gasteiger partial charge is 0.495 e. The Kier molecular flexibility index (Phi) is 7.34. The molecule has 0 aromatic heterocycles. The number of nitriles is 1. The van der Waals surface area contributed by atoms with Crippen molar-refractivity contribution in [2.75, 3.05) is 12.4 Å². The number of nitrogens with one attached hydrogen (secondary N) is 1. The number of halogens is 1. The van der Waals surface area contributed by atoms with Crippen LogP contribution in [0.1, 0.15) is 11.1 Å². The Morgan fingerprint density at radius 2 is 1.85 bits per heavy atom. The molecule has 1 N–H and O–H groups in total. The lowest BCUT2D eigenvalue weighted by Crippen LogP contribution is -2.14. The van der Waals surface area contributed by atoms with Crippen LogP contribution in [0, 0.1) is 27.3 Å². The molecule has 0 heterocycles. The highest BCUT2D eigenvalue weighted by molar-refractivity contribution is 6.10. The lowest BCUT2D eigenvalue weighted by molar-refractivity contribution is -0.384. The number of hydrogen-bond donors (Lipinski definition) is 1. The highest BCUT2D eigenvalue weighted by Gasteiger charge is 2.16. The van der Waals surface area contributed by atoms with Crippen LogP contribution in [0.25, 0.3) is 6.08 Å². The van der Waals surface area contributed by atoms with E-state index in [1.807, 2.05) is 6.07 Å². The van der Waals surface area contributed by atoms with Crippen LogP contribution in [0.3, 0.4) is 0 Å². The number of benzene rings is 3. The molecule has 0 fully saturated rings. The molecule has 33 heavy (non-hydrogen) atoms. The molecule has 9 heteroatoms. The van der Waals surface area contributed by atoms with E-state index in [2.05, 4.69) is 5.32 Å². The molecule has 0 saturated carbocycles. The molecule has 1 amide bonds. The molecule has 166 valence electrons. The molecule has 0 radical (unpaired) electrons. The van der Waals surface area contributed by atoms with Gasteiger partial charge in [-0.3, -0.25) is 14.9 Å². The maximum absolute atomic E-state index is 13.0. The van der Waals surface area contributed by atoms with Crippen molar-refractivity contribution in [1.29, 1.82) is 5.26 Å². The van der Waals surface area contributed by atoms with Gasteiger partial charge in [0.25, 0.3) is 11.6 Å². The van der Waals surface area contributed by atoms with Crippen molar-refractivity contribution >= 4 is 23.4 Å². The Bertz CT molecular complexity index is 1230. The summed E-state index contributed by atoms with van der Waals surface area (Å²) in [7, 11) is 1.36. The molecule has 0 aliphatic carbocycles. The number of carbonyl (C=O) groups is 1. The minimum Gasteiger partial charge on any atom is -0.495 e. The van der Waals surface area contributed by atoms with Crippen molar-refractivity contribution in [3.63, 3.8) is 0 Å². The standard InChI is InChI=1S/C24H18FN3O5/c1-32-23-11-8-20(28(30)31)13-22(23)27-24(29)18(14-26)12-16-4-9-21(10-5-16)33-15-17-2-6-19(25)7-3-17/h2-13H,15H2,1H3,(H,27,29)/b18-12+. The van der Waals surface area contributed by atoms with Gasteiger partial charge in [-0.05, 0) is 47.5 Å². The number of nitro benzene ring substituents is 1. The summed E-state index contributed by atoms with van der Waals surface area (Å²) in [5.41, 5.74) is 1.01. The second-order valence-corrected chi connectivity index (χ2v) is 6.75. The summed E-state index contributed by atoms with van der Waals surface area (Å²) in [5.74, 6) is -0.293. The van der Waals surface area contributed by atoms with Crippen molar-refractivity contribution in [1.82, 2.24) is 0 Å². The van der Waals surface area contributed by atoms with E-state index in [1.165, 1.54) is 37.5 Å². The number of carbonyl (C=O) groups excluding carboxylic acids is 1. The third kappa shape index (κ3) is 6.15. The lowest BCUT2D eigenvalue weighted by Gasteiger charge is -2.09. The molecule has 0 spiro atoms. The van der Waals surface area contributed by atoms with E-state index in [0.29, 0.717) is 11.3 Å². The molecule has 0 unspecified atom stereocenters. The number of nitrogens with zero attached hydrogens (tertiary/aromatic N) is 2. The van der Waals surface area contributed by atoms with Gasteiger partial charge >= 0.3 is 0 Å². The molecular weight excluding hydrogens is 429 g/mol. The van der Waals surface area contributed by atoms with Crippen molar-refractivity contribution in [3.8, 4) is 17.6 Å². The summed E-state index contributed by atoms with van der Waals surface area (Å²) in [4.78, 5) is 23.0. The van der Waals surface area contributed by atoms with Gasteiger partial charge in [0, 0.05) is 12.1 Å².